The minimum absolute atomic E-state index is 0.214. The van der Waals surface area contributed by atoms with Crippen LogP contribution in [0.25, 0.3) is 0 Å². The molecule has 0 aromatic carbocycles. The van der Waals surface area contributed by atoms with Gasteiger partial charge >= 0.3 is 5.69 Å². The molecule has 1 unspecified atom stereocenters. The standard InChI is InChI=1S/C25H33N5O4/c1-4-10-29-23-20(24(32)30(25(29)33)11-5-12-34-3)14-21(27-23)18-7-9-19(26-15-18)8-6-17-13-22(31)28(2)16-17/h7,9,15,17H,4-6,8,10-14,16H2,1-3H3. The highest BCUT2D eigenvalue weighted by atomic mass is 16.5. The highest BCUT2D eigenvalue weighted by Crippen LogP contribution is 2.26. The number of amides is 1. The number of carbonyl (C=O) groups excluding carboxylic acids is 1. The van der Waals surface area contributed by atoms with Gasteiger partial charge in [0.15, 0.2) is 0 Å². The second kappa shape index (κ2) is 10.5. The van der Waals surface area contributed by atoms with E-state index in [1.165, 1.54) is 4.57 Å². The van der Waals surface area contributed by atoms with Crippen molar-refractivity contribution in [3.63, 3.8) is 0 Å². The molecule has 1 atom stereocenters. The van der Waals surface area contributed by atoms with Crippen LogP contribution in [-0.2, 0) is 35.5 Å². The Morgan fingerprint density at radius 2 is 1.97 bits per heavy atom. The van der Waals surface area contributed by atoms with Crippen LogP contribution in [-0.4, -0.2) is 57.9 Å². The Morgan fingerprint density at radius 3 is 2.62 bits per heavy atom. The zero-order valence-corrected chi connectivity index (χ0v) is 20.2. The second-order valence-corrected chi connectivity index (χ2v) is 9.20. The molecule has 0 N–H and O–H groups in total. The van der Waals surface area contributed by atoms with Gasteiger partial charge < -0.3 is 9.64 Å². The molecule has 2 aromatic heterocycles. The number of hydrogen-bond acceptors (Lipinski definition) is 6. The number of likely N-dealkylation sites (tertiary alicyclic amines) is 1. The van der Waals surface area contributed by atoms with Crippen LogP contribution in [0.5, 0.6) is 0 Å². The van der Waals surface area contributed by atoms with Gasteiger partial charge in [-0.25, -0.2) is 9.79 Å². The molecule has 0 radical (unpaired) electrons. The average Bonchev–Trinajstić information content (AvgIpc) is 3.41. The van der Waals surface area contributed by atoms with Gasteiger partial charge in [0.25, 0.3) is 5.56 Å². The lowest BCUT2D eigenvalue weighted by Crippen LogP contribution is -2.41. The highest BCUT2D eigenvalue weighted by Gasteiger charge is 2.27. The van der Waals surface area contributed by atoms with E-state index in [0.29, 0.717) is 56.3 Å². The summed E-state index contributed by atoms with van der Waals surface area (Å²) in [5, 5.41) is 0. The second-order valence-electron chi connectivity index (χ2n) is 9.20. The van der Waals surface area contributed by atoms with Crippen molar-refractivity contribution in [2.75, 3.05) is 27.3 Å². The van der Waals surface area contributed by atoms with Crippen molar-refractivity contribution in [2.45, 2.75) is 58.5 Å². The number of carbonyl (C=O) groups is 1. The fraction of sp³-hybridized carbons (Fsp3) is 0.560. The van der Waals surface area contributed by atoms with E-state index in [9.17, 15) is 14.4 Å². The number of aryl methyl sites for hydroxylation is 1. The van der Waals surface area contributed by atoms with Crippen molar-refractivity contribution in [3.8, 4) is 0 Å². The van der Waals surface area contributed by atoms with Gasteiger partial charge in [-0.05, 0) is 43.7 Å². The fourth-order valence-electron chi connectivity index (χ4n) is 4.76. The Labute approximate surface area is 199 Å². The lowest BCUT2D eigenvalue weighted by Gasteiger charge is -2.13. The van der Waals surface area contributed by atoms with Crippen molar-refractivity contribution in [2.24, 2.45) is 10.9 Å². The first-order valence-electron chi connectivity index (χ1n) is 12.0. The summed E-state index contributed by atoms with van der Waals surface area (Å²) in [6.07, 6.45) is 5.92. The predicted octanol–water partition coefficient (Wildman–Crippen LogP) is 1.94. The van der Waals surface area contributed by atoms with E-state index in [2.05, 4.69) is 4.98 Å². The van der Waals surface area contributed by atoms with E-state index in [4.69, 9.17) is 9.73 Å². The predicted molar refractivity (Wildman–Crippen MR) is 130 cm³/mol. The van der Waals surface area contributed by atoms with Crippen molar-refractivity contribution < 1.29 is 9.53 Å². The molecule has 9 nitrogen and oxygen atoms in total. The third kappa shape index (κ3) is 4.89. The van der Waals surface area contributed by atoms with E-state index in [-0.39, 0.29) is 17.2 Å². The van der Waals surface area contributed by atoms with Crippen LogP contribution in [0.15, 0.2) is 32.9 Å². The van der Waals surface area contributed by atoms with Crippen LogP contribution < -0.4 is 11.2 Å². The van der Waals surface area contributed by atoms with E-state index >= 15 is 0 Å². The van der Waals surface area contributed by atoms with Gasteiger partial charge in [0, 0.05) is 70.7 Å². The maximum atomic E-state index is 13.1. The number of nitrogens with zero attached hydrogens (tertiary/aromatic N) is 5. The number of ether oxygens (including phenoxy) is 1. The van der Waals surface area contributed by atoms with Gasteiger partial charge in [0.1, 0.15) is 5.82 Å². The molecular formula is C25H33N5O4. The number of aliphatic imine (C=N–C) groups is 1. The average molecular weight is 468 g/mol. The van der Waals surface area contributed by atoms with Crippen LogP contribution in [0, 0.1) is 5.92 Å². The molecule has 1 fully saturated rings. The number of aromatic nitrogens is 3. The normalized spacial score (nSPS) is 17.4. The summed E-state index contributed by atoms with van der Waals surface area (Å²) in [5.74, 6) is 1.08. The first-order chi connectivity index (χ1) is 16.4. The lowest BCUT2D eigenvalue weighted by molar-refractivity contribution is -0.126. The minimum Gasteiger partial charge on any atom is -0.385 e. The summed E-state index contributed by atoms with van der Waals surface area (Å²) in [5.41, 5.74) is 2.59. The summed E-state index contributed by atoms with van der Waals surface area (Å²) in [7, 11) is 3.46. The van der Waals surface area contributed by atoms with Crippen LogP contribution in [0.3, 0.4) is 0 Å². The topological polar surface area (TPSA) is 98.8 Å². The van der Waals surface area contributed by atoms with Crippen molar-refractivity contribution in [1.29, 1.82) is 0 Å². The third-order valence-corrected chi connectivity index (χ3v) is 6.64. The van der Waals surface area contributed by atoms with Crippen LogP contribution in [0.2, 0.25) is 0 Å². The van der Waals surface area contributed by atoms with Gasteiger partial charge in [0.05, 0.1) is 11.3 Å². The van der Waals surface area contributed by atoms with Gasteiger partial charge in [-0.3, -0.25) is 23.7 Å². The minimum atomic E-state index is -0.309. The van der Waals surface area contributed by atoms with Crippen LogP contribution >= 0.6 is 0 Å². The summed E-state index contributed by atoms with van der Waals surface area (Å²) in [4.78, 5) is 49.0. The monoisotopic (exact) mass is 467 g/mol. The molecule has 182 valence electrons. The number of hydrogen-bond donors (Lipinski definition) is 0. The molecular weight excluding hydrogens is 434 g/mol. The molecule has 0 saturated carbocycles. The van der Waals surface area contributed by atoms with Gasteiger partial charge in [-0.1, -0.05) is 6.92 Å². The lowest BCUT2D eigenvalue weighted by atomic mass is 10.0. The van der Waals surface area contributed by atoms with Crippen LogP contribution in [0.4, 0.5) is 5.82 Å². The van der Waals surface area contributed by atoms with Gasteiger partial charge in [-0.15, -0.1) is 0 Å². The van der Waals surface area contributed by atoms with Crippen molar-refractivity contribution in [3.05, 3.63) is 56.0 Å². The molecule has 2 aromatic rings. The van der Waals surface area contributed by atoms with Crippen molar-refractivity contribution >= 4 is 17.4 Å². The number of fused-ring (bicyclic) bond motifs is 1. The quantitative estimate of drug-likeness (QED) is 0.498. The summed E-state index contributed by atoms with van der Waals surface area (Å²) >= 11 is 0. The molecule has 1 amide bonds. The fourth-order valence-corrected chi connectivity index (χ4v) is 4.76. The Bertz CT molecular complexity index is 1200. The Kier molecular flexibility index (Phi) is 7.41. The van der Waals surface area contributed by atoms with E-state index in [1.807, 2.05) is 26.1 Å². The highest BCUT2D eigenvalue weighted by molar-refractivity contribution is 6.05. The number of rotatable bonds is 10. The Morgan fingerprint density at radius 1 is 1.15 bits per heavy atom. The molecule has 2 aliphatic rings. The summed E-state index contributed by atoms with van der Waals surface area (Å²) < 4.78 is 8.02. The SMILES string of the molecule is CCCn1c2c(c(=O)n(CCCOC)c1=O)CC(c1ccc(CCC3CC(=O)N(C)C3)nc1)=N2. The third-order valence-electron chi connectivity index (χ3n) is 6.64. The van der Waals surface area contributed by atoms with E-state index in [0.717, 1.165) is 42.8 Å². The first-order valence-corrected chi connectivity index (χ1v) is 12.0. The maximum Gasteiger partial charge on any atom is 0.332 e. The first kappa shape index (κ1) is 24.1. The van der Waals surface area contributed by atoms with Gasteiger partial charge in [-0.2, -0.15) is 0 Å². The van der Waals surface area contributed by atoms with Crippen LogP contribution in [0.1, 0.15) is 49.4 Å². The maximum absolute atomic E-state index is 13.1. The Balaban J connectivity index is 1.52. The smallest absolute Gasteiger partial charge is 0.332 e. The molecule has 2 aliphatic heterocycles. The molecule has 9 heteroatoms. The molecule has 4 rings (SSSR count). The summed E-state index contributed by atoms with van der Waals surface area (Å²) in [6, 6.07) is 3.97. The number of methoxy groups -OCH3 is 1. The molecule has 4 heterocycles. The zero-order chi connectivity index (χ0) is 24.2. The van der Waals surface area contributed by atoms with E-state index < -0.39 is 0 Å². The molecule has 1 saturated heterocycles. The molecule has 0 spiro atoms. The summed E-state index contributed by atoms with van der Waals surface area (Å²) in [6.45, 7) is 4.15. The van der Waals surface area contributed by atoms with Crippen molar-refractivity contribution in [1.82, 2.24) is 19.0 Å². The molecule has 0 bridgehead atoms. The van der Waals surface area contributed by atoms with Gasteiger partial charge in [0.2, 0.25) is 5.91 Å². The number of pyridine rings is 1. The largest absolute Gasteiger partial charge is 0.385 e. The van der Waals surface area contributed by atoms with E-state index in [1.54, 1.807) is 22.8 Å². The molecule has 34 heavy (non-hydrogen) atoms. The Hall–Kier alpha value is -3.07. The molecule has 0 aliphatic carbocycles. The zero-order valence-electron chi connectivity index (χ0n) is 20.2.